The van der Waals surface area contributed by atoms with Crippen molar-refractivity contribution < 1.29 is 14.2 Å². The average Bonchev–Trinajstić information content (AvgIpc) is 2.82. The molecule has 1 fully saturated rings. The van der Waals surface area contributed by atoms with Crippen molar-refractivity contribution in [2.75, 3.05) is 14.2 Å². The van der Waals surface area contributed by atoms with Crippen LogP contribution in [0.4, 0.5) is 0 Å². The summed E-state index contributed by atoms with van der Waals surface area (Å²) in [4.78, 5) is 0. The molecule has 5 rings (SSSR count). The van der Waals surface area contributed by atoms with Gasteiger partial charge in [-0.1, -0.05) is 78.9 Å². The van der Waals surface area contributed by atoms with Crippen molar-refractivity contribution in [1.82, 2.24) is 0 Å². The van der Waals surface area contributed by atoms with E-state index in [4.69, 9.17) is 14.2 Å². The molecule has 3 aromatic carbocycles. The van der Waals surface area contributed by atoms with Crippen molar-refractivity contribution >= 4 is 16.8 Å². The van der Waals surface area contributed by atoms with E-state index in [1.807, 2.05) is 6.07 Å². The zero-order chi connectivity index (χ0) is 20.6. The van der Waals surface area contributed by atoms with Gasteiger partial charge >= 0.3 is 0 Å². The first kappa shape index (κ1) is 19.5. The lowest BCUT2D eigenvalue weighted by Crippen LogP contribution is -2.52. The van der Waals surface area contributed by atoms with Gasteiger partial charge in [0.05, 0.1) is 12.7 Å². The van der Waals surface area contributed by atoms with Crippen molar-refractivity contribution in [3.8, 4) is 0 Å². The molecular weight excluding hydrogens is 372 g/mol. The summed E-state index contributed by atoms with van der Waals surface area (Å²) in [6, 6.07) is 23.4. The molecule has 0 spiro atoms. The van der Waals surface area contributed by atoms with Gasteiger partial charge in [0.15, 0.2) is 5.79 Å². The summed E-state index contributed by atoms with van der Waals surface area (Å²) >= 11 is 0. The van der Waals surface area contributed by atoms with E-state index in [0.717, 1.165) is 12.8 Å². The SMILES string of the molecule is COC1(OC)CCC(OCc2ccccc2)C2C=Cc3c(ccc4ccccc34)C21. The molecule has 3 atom stereocenters. The molecule has 2 aliphatic carbocycles. The summed E-state index contributed by atoms with van der Waals surface area (Å²) in [5.74, 6) is -0.346. The highest BCUT2D eigenvalue weighted by Gasteiger charge is 2.52. The summed E-state index contributed by atoms with van der Waals surface area (Å²) in [7, 11) is 3.54. The highest BCUT2D eigenvalue weighted by atomic mass is 16.7. The van der Waals surface area contributed by atoms with Gasteiger partial charge in [-0.15, -0.1) is 0 Å². The highest BCUT2D eigenvalue weighted by Crippen LogP contribution is 2.52. The van der Waals surface area contributed by atoms with E-state index in [-0.39, 0.29) is 17.9 Å². The normalized spacial score (nSPS) is 24.4. The second-order valence-electron chi connectivity index (χ2n) is 8.30. The minimum Gasteiger partial charge on any atom is -0.373 e. The van der Waals surface area contributed by atoms with Crippen LogP contribution in [-0.2, 0) is 20.8 Å². The van der Waals surface area contributed by atoms with Gasteiger partial charge in [0.2, 0.25) is 0 Å². The monoisotopic (exact) mass is 400 g/mol. The van der Waals surface area contributed by atoms with Crippen LogP contribution in [0.3, 0.4) is 0 Å². The van der Waals surface area contributed by atoms with Crippen molar-refractivity contribution in [1.29, 1.82) is 0 Å². The Morgan fingerprint density at radius 1 is 0.900 bits per heavy atom. The van der Waals surface area contributed by atoms with Crippen LogP contribution in [0.1, 0.15) is 35.4 Å². The third kappa shape index (κ3) is 3.18. The zero-order valence-corrected chi connectivity index (χ0v) is 17.6. The number of benzene rings is 3. The van der Waals surface area contributed by atoms with E-state index in [1.54, 1.807) is 14.2 Å². The van der Waals surface area contributed by atoms with Gasteiger partial charge in [-0.05, 0) is 33.9 Å². The van der Waals surface area contributed by atoms with Crippen molar-refractivity contribution in [3.63, 3.8) is 0 Å². The molecule has 0 aromatic heterocycles. The van der Waals surface area contributed by atoms with Gasteiger partial charge in [0.1, 0.15) is 0 Å². The lowest BCUT2D eigenvalue weighted by atomic mass is 9.66. The molecule has 30 heavy (non-hydrogen) atoms. The summed E-state index contributed by atoms with van der Waals surface area (Å²) in [6.45, 7) is 0.625. The molecule has 3 nitrogen and oxygen atoms in total. The van der Waals surface area contributed by atoms with E-state index >= 15 is 0 Å². The molecule has 3 unspecified atom stereocenters. The average molecular weight is 401 g/mol. The van der Waals surface area contributed by atoms with E-state index in [1.165, 1.54) is 27.5 Å². The minimum atomic E-state index is -0.640. The molecule has 0 heterocycles. The highest BCUT2D eigenvalue weighted by molar-refractivity contribution is 5.92. The van der Waals surface area contributed by atoms with Gasteiger partial charge in [-0.25, -0.2) is 0 Å². The van der Waals surface area contributed by atoms with Crippen LogP contribution in [0.15, 0.2) is 72.8 Å². The van der Waals surface area contributed by atoms with Gasteiger partial charge < -0.3 is 14.2 Å². The fourth-order valence-corrected chi connectivity index (χ4v) is 5.37. The van der Waals surface area contributed by atoms with Crippen LogP contribution in [0.25, 0.3) is 16.8 Å². The van der Waals surface area contributed by atoms with Gasteiger partial charge in [-0.3, -0.25) is 0 Å². The topological polar surface area (TPSA) is 27.7 Å². The first-order chi connectivity index (χ1) is 14.8. The lowest BCUT2D eigenvalue weighted by molar-refractivity contribution is -0.256. The Morgan fingerprint density at radius 2 is 1.67 bits per heavy atom. The largest absolute Gasteiger partial charge is 0.373 e. The molecule has 2 aliphatic rings. The third-order valence-corrected chi connectivity index (χ3v) is 6.89. The number of hydrogen-bond donors (Lipinski definition) is 0. The number of ether oxygens (including phenoxy) is 3. The third-order valence-electron chi connectivity index (χ3n) is 6.89. The Kier molecular flexibility index (Phi) is 5.20. The van der Waals surface area contributed by atoms with Crippen molar-refractivity contribution in [2.24, 2.45) is 5.92 Å². The summed E-state index contributed by atoms with van der Waals surface area (Å²) in [5, 5.41) is 2.53. The first-order valence-corrected chi connectivity index (χ1v) is 10.7. The maximum absolute atomic E-state index is 6.46. The first-order valence-electron chi connectivity index (χ1n) is 10.7. The van der Waals surface area contributed by atoms with Crippen LogP contribution in [0.2, 0.25) is 0 Å². The Bertz CT molecular complexity index is 1050. The van der Waals surface area contributed by atoms with Gasteiger partial charge in [-0.2, -0.15) is 0 Å². The van der Waals surface area contributed by atoms with Crippen LogP contribution in [-0.4, -0.2) is 26.1 Å². The molecule has 3 aromatic rings. The Morgan fingerprint density at radius 3 is 2.47 bits per heavy atom. The van der Waals surface area contributed by atoms with E-state index in [0.29, 0.717) is 6.61 Å². The number of methoxy groups -OCH3 is 2. The van der Waals surface area contributed by atoms with Crippen LogP contribution < -0.4 is 0 Å². The van der Waals surface area contributed by atoms with Gasteiger partial charge in [0.25, 0.3) is 0 Å². The minimum absolute atomic E-state index is 0.0895. The summed E-state index contributed by atoms with van der Waals surface area (Å²) < 4.78 is 18.6. The maximum atomic E-state index is 6.46. The Hall–Kier alpha value is -2.46. The van der Waals surface area contributed by atoms with E-state index in [2.05, 4.69) is 72.8 Å². The quantitative estimate of drug-likeness (QED) is 0.497. The standard InChI is InChI=1S/C27H28O3/c1-28-27(29-2)17-16-25(30-18-19-8-4-3-5-9-19)24-15-14-22-21-11-7-6-10-20(21)12-13-23(22)26(24)27/h3-15,24-26H,16-18H2,1-2H3. The zero-order valence-electron chi connectivity index (χ0n) is 17.6. The predicted molar refractivity (Wildman–Crippen MR) is 120 cm³/mol. The number of fused-ring (bicyclic) bond motifs is 5. The predicted octanol–water partition coefficient (Wildman–Crippen LogP) is 5.93. The Balaban J connectivity index is 1.54. The molecule has 0 aliphatic heterocycles. The Labute approximate surface area is 178 Å². The second kappa shape index (κ2) is 7.99. The van der Waals surface area contributed by atoms with Crippen LogP contribution in [0, 0.1) is 5.92 Å². The molecule has 0 amide bonds. The maximum Gasteiger partial charge on any atom is 0.175 e. The second-order valence-corrected chi connectivity index (χ2v) is 8.30. The molecule has 154 valence electrons. The summed E-state index contributed by atoms with van der Waals surface area (Å²) in [5.41, 5.74) is 3.77. The molecule has 3 heteroatoms. The lowest BCUT2D eigenvalue weighted by Gasteiger charge is -2.50. The van der Waals surface area contributed by atoms with Crippen LogP contribution >= 0.6 is 0 Å². The fourth-order valence-electron chi connectivity index (χ4n) is 5.37. The van der Waals surface area contributed by atoms with E-state index < -0.39 is 5.79 Å². The van der Waals surface area contributed by atoms with Gasteiger partial charge in [0, 0.05) is 32.5 Å². The molecule has 0 radical (unpaired) electrons. The van der Waals surface area contributed by atoms with Crippen LogP contribution in [0.5, 0.6) is 0 Å². The number of hydrogen-bond acceptors (Lipinski definition) is 3. The molecule has 0 N–H and O–H groups in total. The molecular formula is C27H28O3. The number of rotatable bonds is 5. The molecule has 0 bridgehead atoms. The summed E-state index contributed by atoms with van der Waals surface area (Å²) in [6.07, 6.45) is 6.44. The van der Waals surface area contributed by atoms with Crippen molar-refractivity contribution in [2.45, 2.75) is 37.3 Å². The molecule has 0 saturated heterocycles. The molecule has 1 saturated carbocycles. The van der Waals surface area contributed by atoms with Crippen molar-refractivity contribution in [3.05, 3.63) is 89.5 Å². The van der Waals surface area contributed by atoms with E-state index in [9.17, 15) is 0 Å². The fraction of sp³-hybridized carbons (Fsp3) is 0.333. The smallest absolute Gasteiger partial charge is 0.175 e.